The zero-order chi connectivity index (χ0) is 14.1. The molecule has 104 valence electrons. The van der Waals surface area contributed by atoms with E-state index in [0.717, 1.165) is 0 Å². The van der Waals surface area contributed by atoms with E-state index < -0.39 is 6.09 Å². The fourth-order valence-corrected chi connectivity index (χ4v) is 1.98. The molecule has 1 aliphatic heterocycles. The molecule has 1 unspecified atom stereocenters. The molecule has 7 heteroatoms. The van der Waals surface area contributed by atoms with E-state index in [1.54, 1.807) is 10.9 Å². The number of ether oxygens (including phenoxy) is 1. The summed E-state index contributed by atoms with van der Waals surface area (Å²) in [6.45, 7) is 4.29. The molecule has 0 aliphatic carbocycles. The molecule has 0 aromatic carbocycles. The summed E-state index contributed by atoms with van der Waals surface area (Å²) >= 11 is 0. The highest BCUT2D eigenvalue weighted by atomic mass is 16.6. The minimum absolute atomic E-state index is 0.191. The van der Waals surface area contributed by atoms with Crippen molar-refractivity contribution in [2.24, 2.45) is 0 Å². The standard InChI is InChI=1S/C13H15N5O2/c1-8(2)11-16-12(9-7-20-13(19)15-9)18(17-11)10-5-3-4-6-14-10/h3-6,8-9H,7H2,1-2H3,(H,15,19). The quantitative estimate of drug-likeness (QED) is 0.917. The summed E-state index contributed by atoms with van der Waals surface area (Å²) in [5.74, 6) is 2.21. The van der Waals surface area contributed by atoms with Crippen molar-refractivity contribution >= 4 is 6.09 Å². The Balaban J connectivity index is 2.05. The van der Waals surface area contributed by atoms with Gasteiger partial charge in [-0.2, -0.15) is 4.68 Å². The lowest BCUT2D eigenvalue weighted by molar-refractivity contribution is 0.176. The van der Waals surface area contributed by atoms with Crippen LogP contribution in [-0.2, 0) is 4.74 Å². The summed E-state index contributed by atoms with van der Waals surface area (Å²) in [4.78, 5) is 20.0. The van der Waals surface area contributed by atoms with Gasteiger partial charge in [0.25, 0.3) is 0 Å². The number of cyclic esters (lactones) is 1. The topological polar surface area (TPSA) is 81.9 Å². The van der Waals surface area contributed by atoms with E-state index in [1.165, 1.54) is 0 Å². The maximum absolute atomic E-state index is 11.2. The fourth-order valence-electron chi connectivity index (χ4n) is 1.98. The van der Waals surface area contributed by atoms with Crippen molar-refractivity contribution in [2.75, 3.05) is 6.61 Å². The van der Waals surface area contributed by atoms with Gasteiger partial charge in [-0.25, -0.2) is 14.8 Å². The number of aromatic nitrogens is 4. The van der Waals surface area contributed by atoms with Crippen LogP contribution in [0, 0.1) is 0 Å². The molecule has 3 rings (SSSR count). The van der Waals surface area contributed by atoms with Crippen LogP contribution in [0.4, 0.5) is 4.79 Å². The first-order valence-corrected chi connectivity index (χ1v) is 6.46. The minimum atomic E-state index is -0.434. The van der Waals surface area contributed by atoms with Crippen molar-refractivity contribution in [1.82, 2.24) is 25.1 Å². The number of pyridine rings is 1. The number of rotatable bonds is 3. The summed E-state index contributed by atoms with van der Waals surface area (Å²) in [5, 5.41) is 7.21. The number of carbonyl (C=O) groups is 1. The van der Waals surface area contributed by atoms with Crippen LogP contribution < -0.4 is 5.32 Å². The predicted octanol–water partition coefficient (Wildman–Crippen LogP) is 1.57. The Morgan fingerprint density at radius 1 is 1.45 bits per heavy atom. The van der Waals surface area contributed by atoms with Crippen LogP contribution in [0.2, 0.25) is 0 Å². The van der Waals surface area contributed by atoms with Crippen molar-refractivity contribution in [3.63, 3.8) is 0 Å². The van der Waals surface area contributed by atoms with Crippen LogP contribution >= 0.6 is 0 Å². The summed E-state index contributed by atoms with van der Waals surface area (Å²) < 4.78 is 6.59. The van der Waals surface area contributed by atoms with E-state index in [9.17, 15) is 4.79 Å². The molecule has 0 bridgehead atoms. The van der Waals surface area contributed by atoms with E-state index >= 15 is 0 Å². The first-order chi connectivity index (χ1) is 9.65. The number of nitrogens with zero attached hydrogens (tertiary/aromatic N) is 4. The zero-order valence-electron chi connectivity index (χ0n) is 11.3. The average Bonchev–Trinajstić information content (AvgIpc) is 3.05. The van der Waals surface area contributed by atoms with E-state index in [0.29, 0.717) is 17.5 Å². The van der Waals surface area contributed by atoms with Crippen molar-refractivity contribution < 1.29 is 9.53 Å². The summed E-state index contributed by atoms with van der Waals surface area (Å²) in [6, 6.07) is 5.26. The molecule has 1 fully saturated rings. The maximum Gasteiger partial charge on any atom is 0.407 e. The third kappa shape index (κ3) is 2.22. The normalized spacial score (nSPS) is 18.1. The van der Waals surface area contributed by atoms with Crippen LogP contribution in [0.25, 0.3) is 5.82 Å². The lowest BCUT2D eigenvalue weighted by Gasteiger charge is -2.08. The maximum atomic E-state index is 11.2. The highest BCUT2D eigenvalue weighted by Crippen LogP contribution is 2.21. The number of carbonyl (C=O) groups excluding carboxylic acids is 1. The second-order valence-corrected chi connectivity index (χ2v) is 4.88. The van der Waals surface area contributed by atoms with E-state index in [2.05, 4.69) is 20.4 Å². The summed E-state index contributed by atoms with van der Waals surface area (Å²) in [7, 11) is 0. The third-order valence-electron chi connectivity index (χ3n) is 3.02. The largest absolute Gasteiger partial charge is 0.447 e. The molecule has 1 N–H and O–H groups in total. The number of alkyl carbamates (subject to hydrolysis) is 1. The average molecular weight is 273 g/mol. The van der Waals surface area contributed by atoms with Crippen LogP contribution in [0.1, 0.15) is 37.5 Å². The minimum Gasteiger partial charge on any atom is -0.447 e. The van der Waals surface area contributed by atoms with Gasteiger partial charge in [0.05, 0.1) is 0 Å². The Bertz CT molecular complexity index is 623. The molecule has 3 heterocycles. The Morgan fingerprint density at radius 3 is 2.90 bits per heavy atom. The number of nitrogens with one attached hydrogen (secondary N) is 1. The van der Waals surface area contributed by atoms with Crippen molar-refractivity contribution in [2.45, 2.75) is 25.8 Å². The molecule has 0 radical (unpaired) electrons. The molecule has 20 heavy (non-hydrogen) atoms. The van der Waals surface area contributed by atoms with Gasteiger partial charge in [-0.3, -0.25) is 0 Å². The highest BCUT2D eigenvalue weighted by molar-refractivity contribution is 5.69. The van der Waals surface area contributed by atoms with Crippen molar-refractivity contribution in [3.8, 4) is 5.82 Å². The van der Waals surface area contributed by atoms with Gasteiger partial charge in [-0.05, 0) is 12.1 Å². The molecule has 7 nitrogen and oxygen atoms in total. The molecular formula is C13H15N5O2. The second kappa shape index (κ2) is 4.92. The molecule has 0 saturated carbocycles. The Labute approximate surface area is 116 Å². The number of hydrogen-bond donors (Lipinski definition) is 1. The molecule has 2 aromatic rings. The predicted molar refractivity (Wildman–Crippen MR) is 70.5 cm³/mol. The van der Waals surface area contributed by atoms with Gasteiger partial charge < -0.3 is 10.1 Å². The van der Waals surface area contributed by atoms with Gasteiger partial charge >= 0.3 is 6.09 Å². The SMILES string of the molecule is CC(C)c1nc(C2COC(=O)N2)n(-c2ccccn2)n1. The molecule has 1 aliphatic rings. The van der Waals surface area contributed by atoms with E-state index in [4.69, 9.17) is 4.74 Å². The molecule has 1 amide bonds. The van der Waals surface area contributed by atoms with Crippen molar-refractivity contribution in [1.29, 1.82) is 0 Å². The third-order valence-corrected chi connectivity index (χ3v) is 3.02. The smallest absolute Gasteiger partial charge is 0.407 e. The molecule has 1 saturated heterocycles. The van der Waals surface area contributed by atoms with Gasteiger partial charge in [0.1, 0.15) is 12.6 Å². The van der Waals surface area contributed by atoms with Crippen LogP contribution in [-0.4, -0.2) is 32.4 Å². The Kier molecular flexibility index (Phi) is 3.09. The summed E-state index contributed by atoms with van der Waals surface area (Å²) in [6.07, 6.45) is 1.26. The molecule has 0 spiro atoms. The lowest BCUT2D eigenvalue weighted by atomic mass is 10.2. The van der Waals surface area contributed by atoms with Gasteiger partial charge in [-0.15, -0.1) is 5.10 Å². The Hall–Kier alpha value is -2.44. The molecule has 1 atom stereocenters. The van der Waals surface area contributed by atoms with Gasteiger partial charge in [-0.1, -0.05) is 19.9 Å². The van der Waals surface area contributed by atoms with E-state index in [1.807, 2.05) is 32.0 Å². The second-order valence-electron chi connectivity index (χ2n) is 4.88. The van der Waals surface area contributed by atoms with Gasteiger partial charge in [0.2, 0.25) is 0 Å². The number of hydrogen-bond acceptors (Lipinski definition) is 5. The number of amides is 1. The first-order valence-electron chi connectivity index (χ1n) is 6.46. The lowest BCUT2D eigenvalue weighted by Crippen LogP contribution is -2.22. The van der Waals surface area contributed by atoms with Gasteiger partial charge in [0, 0.05) is 12.1 Å². The first kappa shape index (κ1) is 12.6. The molecule has 2 aromatic heterocycles. The summed E-state index contributed by atoms with van der Waals surface area (Å²) in [5.41, 5.74) is 0. The highest BCUT2D eigenvalue weighted by Gasteiger charge is 2.30. The molecular weight excluding hydrogens is 258 g/mol. The van der Waals surface area contributed by atoms with Gasteiger partial charge in [0.15, 0.2) is 17.5 Å². The fraction of sp³-hybridized carbons (Fsp3) is 0.385. The van der Waals surface area contributed by atoms with Crippen LogP contribution in [0.3, 0.4) is 0 Å². The Morgan fingerprint density at radius 2 is 2.30 bits per heavy atom. The van der Waals surface area contributed by atoms with Crippen molar-refractivity contribution in [3.05, 3.63) is 36.0 Å². The zero-order valence-corrected chi connectivity index (χ0v) is 11.3. The van der Waals surface area contributed by atoms with Crippen LogP contribution in [0.5, 0.6) is 0 Å². The monoisotopic (exact) mass is 273 g/mol. The van der Waals surface area contributed by atoms with Crippen LogP contribution in [0.15, 0.2) is 24.4 Å². The van der Waals surface area contributed by atoms with E-state index in [-0.39, 0.29) is 18.6 Å².